The second-order valence-electron chi connectivity index (χ2n) is 8.46. The molecule has 1 aliphatic rings. The Morgan fingerprint density at radius 1 is 1.12 bits per heavy atom. The molecule has 1 unspecified atom stereocenters. The van der Waals surface area contributed by atoms with Crippen LogP contribution in [0, 0.1) is 6.92 Å². The van der Waals surface area contributed by atoms with Gasteiger partial charge in [0.15, 0.2) is 0 Å². The number of ether oxygens (including phenoxy) is 2. The van der Waals surface area contributed by atoms with Gasteiger partial charge in [0.25, 0.3) is 11.7 Å². The molecule has 7 heteroatoms. The van der Waals surface area contributed by atoms with E-state index in [9.17, 15) is 14.7 Å². The highest BCUT2D eigenvalue weighted by Crippen LogP contribution is 2.42. The Morgan fingerprint density at radius 2 is 1.85 bits per heavy atom. The topological polar surface area (TPSA) is 76.1 Å². The monoisotopic (exact) mass is 471 g/mol. The molecule has 0 aliphatic carbocycles. The number of hydrogen-bond acceptors (Lipinski definition) is 6. The molecule has 1 fully saturated rings. The Balaban J connectivity index is 1.91. The third kappa shape index (κ3) is 5.84. The van der Waals surface area contributed by atoms with E-state index in [1.165, 1.54) is 16.2 Å². The van der Waals surface area contributed by atoms with E-state index in [-0.39, 0.29) is 24.0 Å². The average Bonchev–Trinajstić information content (AvgIpc) is 3.32. The van der Waals surface area contributed by atoms with Crippen LogP contribution in [0.15, 0.2) is 41.3 Å². The fourth-order valence-electron chi connectivity index (χ4n) is 3.84. The molecule has 1 N–H and O–H groups in total. The standard InChI is InChI=1S/C26H33NO5S/c1-5-6-7-14-32-20-10-8-19(9-11-20)23(28)21-22(25-18(4)12-16-33-25)27(26(30)24(21)29)13-15-31-17(2)3/h8-12,16-17,22,28H,5-7,13-15H2,1-4H3/b23-21-. The van der Waals surface area contributed by atoms with Crippen LogP contribution in [-0.4, -0.2) is 47.6 Å². The predicted octanol–water partition coefficient (Wildman–Crippen LogP) is 5.47. The van der Waals surface area contributed by atoms with Gasteiger partial charge in [-0.25, -0.2) is 0 Å². The quantitative estimate of drug-likeness (QED) is 0.203. The number of aliphatic hydroxyl groups excluding tert-OH is 1. The molecule has 2 aromatic rings. The molecule has 0 spiro atoms. The van der Waals surface area contributed by atoms with E-state index in [1.807, 2.05) is 32.2 Å². The van der Waals surface area contributed by atoms with Crippen molar-refractivity contribution in [3.63, 3.8) is 0 Å². The van der Waals surface area contributed by atoms with Gasteiger partial charge in [-0.3, -0.25) is 9.59 Å². The Labute approximate surface area is 199 Å². The number of unbranched alkanes of at least 4 members (excludes halogenated alkanes) is 2. The molecule has 0 saturated carbocycles. The number of amides is 1. The molecule has 1 amide bonds. The normalized spacial score (nSPS) is 17.8. The molecule has 0 bridgehead atoms. The van der Waals surface area contributed by atoms with Crippen molar-refractivity contribution in [1.29, 1.82) is 0 Å². The van der Waals surface area contributed by atoms with Gasteiger partial charge in [-0.05, 0) is 68.5 Å². The van der Waals surface area contributed by atoms with E-state index < -0.39 is 17.7 Å². The number of likely N-dealkylation sites (tertiary alicyclic amines) is 1. The van der Waals surface area contributed by atoms with Crippen molar-refractivity contribution in [1.82, 2.24) is 4.90 Å². The summed E-state index contributed by atoms with van der Waals surface area (Å²) in [6, 6.07) is 8.31. The lowest BCUT2D eigenvalue weighted by molar-refractivity contribution is -0.140. The van der Waals surface area contributed by atoms with Crippen LogP contribution in [0.2, 0.25) is 0 Å². The van der Waals surface area contributed by atoms with Gasteiger partial charge in [-0.1, -0.05) is 19.8 Å². The smallest absolute Gasteiger partial charge is 0.295 e. The van der Waals surface area contributed by atoms with E-state index in [2.05, 4.69) is 6.92 Å². The number of ketones is 1. The lowest BCUT2D eigenvalue weighted by Gasteiger charge is -2.25. The van der Waals surface area contributed by atoms with Crippen LogP contribution in [0.4, 0.5) is 0 Å². The Morgan fingerprint density at radius 3 is 2.45 bits per heavy atom. The highest BCUT2D eigenvalue weighted by atomic mass is 32.1. The molecule has 33 heavy (non-hydrogen) atoms. The van der Waals surface area contributed by atoms with Crippen LogP contribution >= 0.6 is 11.3 Å². The molecule has 1 aromatic carbocycles. The largest absolute Gasteiger partial charge is 0.507 e. The third-order valence-electron chi connectivity index (χ3n) is 5.62. The number of benzene rings is 1. The summed E-state index contributed by atoms with van der Waals surface area (Å²) in [6.07, 6.45) is 3.25. The Kier molecular flexibility index (Phi) is 8.69. The van der Waals surface area contributed by atoms with Gasteiger partial charge in [0.05, 0.1) is 30.9 Å². The van der Waals surface area contributed by atoms with E-state index in [0.29, 0.717) is 24.5 Å². The number of rotatable bonds is 11. The van der Waals surface area contributed by atoms with Gasteiger partial charge in [0, 0.05) is 17.0 Å². The van der Waals surface area contributed by atoms with Crippen LogP contribution in [-0.2, 0) is 14.3 Å². The molecule has 0 radical (unpaired) electrons. The van der Waals surface area contributed by atoms with Crippen molar-refractivity contribution >= 4 is 28.8 Å². The van der Waals surface area contributed by atoms with Crippen LogP contribution in [0.1, 0.15) is 62.1 Å². The second kappa shape index (κ2) is 11.5. The van der Waals surface area contributed by atoms with Crippen LogP contribution in [0.3, 0.4) is 0 Å². The number of carbonyl (C=O) groups is 2. The van der Waals surface area contributed by atoms with E-state index in [4.69, 9.17) is 9.47 Å². The van der Waals surface area contributed by atoms with E-state index in [1.54, 1.807) is 24.3 Å². The summed E-state index contributed by atoms with van der Waals surface area (Å²) in [4.78, 5) is 28.4. The maximum absolute atomic E-state index is 13.0. The summed E-state index contributed by atoms with van der Waals surface area (Å²) in [5.41, 5.74) is 1.57. The van der Waals surface area contributed by atoms with Crippen LogP contribution in [0.25, 0.3) is 5.76 Å². The predicted molar refractivity (Wildman–Crippen MR) is 131 cm³/mol. The van der Waals surface area contributed by atoms with Gasteiger partial charge in [0.1, 0.15) is 11.5 Å². The number of thiophene rings is 1. The Bertz CT molecular complexity index is 992. The zero-order chi connectivity index (χ0) is 24.0. The van der Waals surface area contributed by atoms with Gasteiger partial charge in [-0.15, -0.1) is 11.3 Å². The molecule has 1 atom stereocenters. The first-order chi connectivity index (χ1) is 15.8. The molecule has 1 aliphatic heterocycles. The summed E-state index contributed by atoms with van der Waals surface area (Å²) < 4.78 is 11.4. The number of Topliss-reactive ketones (excluding diaryl/α,β-unsaturated/α-hetero) is 1. The zero-order valence-electron chi connectivity index (χ0n) is 19.8. The summed E-state index contributed by atoms with van der Waals surface area (Å²) in [6.45, 7) is 9.16. The highest BCUT2D eigenvalue weighted by molar-refractivity contribution is 7.10. The van der Waals surface area contributed by atoms with Crippen molar-refractivity contribution in [2.24, 2.45) is 0 Å². The summed E-state index contributed by atoms with van der Waals surface area (Å²) in [5.74, 6) is -0.747. The zero-order valence-corrected chi connectivity index (χ0v) is 20.6. The molecule has 178 valence electrons. The molecular formula is C26H33NO5S. The summed E-state index contributed by atoms with van der Waals surface area (Å²) in [5, 5.41) is 13.1. The van der Waals surface area contributed by atoms with E-state index >= 15 is 0 Å². The molecule has 1 saturated heterocycles. The summed E-state index contributed by atoms with van der Waals surface area (Å²) >= 11 is 1.47. The second-order valence-corrected chi connectivity index (χ2v) is 9.41. The fourth-order valence-corrected chi connectivity index (χ4v) is 4.89. The van der Waals surface area contributed by atoms with E-state index in [0.717, 1.165) is 29.7 Å². The number of aliphatic hydroxyl groups is 1. The van der Waals surface area contributed by atoms with Crippen molar-refractivity contribution in [2.45, 2.75) is 59.1 Å². The molecule has 2 heterocycles. The van der Waals surface area contributed by atoms with Crippen molar-refractivity contribution in [3.05, 3.63) is 57.3 Å². The molecule has 3 rings (SSSR count). The highest BCUT2D eigenvalue weighted by Gasteiger charge is 2.46. The lowest BCUT2D eigenvalue weighted by Crippen LogP contribution is -2.33. The maximum Gasteiger partial charge on any atom is 0.295 e. The van der Waals surface area contributed by atoms with Crippen LogP contribution in [0.5, 0.6) is 5.75 Å². The minimum atomic E-state index is -0.672. The van der Waals surface area contributed by atoms with Gasteiger partial charge < -0.3 is 19.5 Å². The first-order valence-corrected chi connectivity index (χ1v) is 12.4. The number of aryl methyl sites for hydroxylation is 1. The van der Waals surface area contributed by atoms with Gasteiger partial charge in [-0.2, -0.15) is 0 Å². The van der Waals surface area contributed by atoms with Gasteiger partial charge in [0.2, 0.25) is 0 Å². The minimum absolute atomic E-state index is 0.0199. The molecular weight excluding hydrogens is 438 g/mol. The van der Waals surface area contributed by atoms with Crippen LogP contribution < -0.4 is 4.74 Å². The fraction of sp³-hybridized carbons (Fsp3) is 0.462. The van der Waals surface area contributed by atoms with Gasteiger partial charge >= 0.3 is 0 Å². The number of carbonyl (C=O) groups excluding carboxylic acids is 2. The maximum atomic E-state index is 13.0. The van der Waals surface area contributed by atoms with Crippen molar-refractivity contribution in [3.8, 4) is 5.75 Å². The first kappa shape index (κ1) is 25.0. The molecule has 1 aromatic heterocycles. The third-order valence-corrected chi connectivity index (χ3v) is 6.69. The van der Waals surface area contributed by atoms with Crippen molar-refractivity contribution in [2.75, 3.05) is 19.8 Å². The molecule has 6 nitrogen and oxygen atoms in total. The Hall–Kier alpha value is -2.64. The summed E-state index contributed by atoms with van der Waals surface area (Å²) in [7, 11) is 0. The number of hydrogen-bond donors (Lipinski definition) is 1. The first-order valence-electron chi connectivity index (χ1n) is 11.5. The SMILES string of the molecule is CCCCCOc1ccc(/C(O)=C2/C(=O)C(=O)N(CCOC(C)C)C2c2sccc2C)cc1. The average molecular weight is 472 g/mol. The lowest BCUT2D eigenvalue weighted by atomic mass is 9.98. The van der Waals surface area contributed by atoms with Crippen molar-refractivity contribution < 1.29 is 24.2 Å². The number of nitrogens with zero attached hydrogens (tertiary/aromatic N) is 1. The minimum Gasteiger partial charge on any atom is -0.507 e.